The zero-order valence-electron chi connectivity index (χ0n) is 8.80. The van der Waals surface area contributed by atoms with Gasteiger partial charge in [-0.25, -0.2) is 0 Å². The van der Waals surface area contributed by atoms with E-state index in [2.05, 4.69) is 32.6 Å². The molecular formula is C11H21N. The van der Waals surface area contributed by atoms with Crippen molar-refractivity contribution in [2.45, 2.75) is 40.2 Å². The van der Waals surface area contributed by atoms with Gasteiger partial charge in [0, 0.05) is 19.1 Å². The van der Waals surface area contributed by atoms with Gasteiger partial charge in [0.2, 0.25) is 0 Å². The van der Waals surface area contributed by atoms with Crippen molar-refractivity contribution in [2.24, 2.45) is 17.3 Å². The minimum absolute atomic E-state index is 0.768. The van der Waals surface area contributed by atoms with Crippen LogP contribution in [0.3, 0.4) is 0 Å². The average Bonchev–Trinajstić information content (AvgIpc) is 2.56. The minimum Gasteiger partial charge on any atom is -0.300 e. The fourth-order valence-corrected chi connectivity index (χ4v) is 2.81. The van der Waals surface area contributed by atoms with Crippen LogP contribution in [0.2, 0.25) is 0 Å². The van der Waals surface area contributed by atoms with E-state index in [9.17, 15) is 0 Å². The second kappa shape index (κ2) is 2.47. The van der Waals surface area contributed by atoms with Gasteiger partial charge in [0.15, 0.2) is 0 Å². The Morgan fingerprint density at radius 2 is 1.75 bits per heavy atom. The lowest BCUT2D eigenvalue weighted by atomic mass is 9.88. The molecule has 1 saturated carbocycles. The molecule has 0 radical (unpaired) electrons. The van der Waals surface area contributed by atoms with E-state index in [1.807, 2.05) is 0 Å². The predicted molar refractivity (Wildman–Crippen MR) is 52.1 cm³/mol. The molecule has 0 aromatic carbocycles. The molecule has 2 rings (SSSR count). The van der Waals surface area contributed by atoms with Crippen LogP contribution < -0.4 is 0 Å². The molecule has 0 aromatic heterocycles. The Balaban J connectivity index is 1.83. The van der Waals surface area contributed by atoms with Crippen molar-refractivity contribution in [3.8, 4) is 0 Å². The lowest BCUT2D eigenvalue weighted by Crippen LogP contribution is -2.52. The summed E-state index contributed by atoms with van der Waals surface area (Å²) in [5, 5.41) is 0. The second-order valence-electron chi connectivity index (χ2n) is 5.42. The fraction of sp³-hybridized carbons (Fsp3) is 1.00. The Bertz CT molecular complexity index is 177. The lowest BCUT2D eigenvalue weighted by Gasteiger charge is -2.44. The third-order valence-corrected chi connectivity index (χ3v) is 3.82. The average molecular weight is 167 g/mol. The van der Waals surface area contributed by atoms with Crippen molar-refractivity contribution in [1.82, 2.24) is 4.90 Å². The van der Waals surface area contributed by atoms with E-state index in [1.165, 1.54) is 19.5 Å². The van der Waals surface area contributed by atoms with Crippen molar-refractivity contribution in [2.75, 3.05) is 13.1 Å². The summed E-state index contributed by atoms with van der Waals surface area (Å²) in [6.07, 6.45) is 1.51. The summed E-state index contributed by atoms with van der Waals surface area (Å²) < 4.78 is 0. The summed E-state index contributed by atoms with van der Waals surface area (Å²) in [6, 6.07) is 0.768. The molecule has 1 atom stereocenters. The number of nitrogens with zero attached hydrogens (tertiary/aromatic N) is 1. The fourth-order valence-electron chi connectivity index (χ4n) is 2.81. The van der Waals surface area contributed by atoms with E-state index in [-0.39, 0.29) is 0 Å². The molecule has 1 unspecified atom stereocenters. The molecule has 0 amide bonds. The number of rotatable bonds is 2. The molecule has 0 bridgehead atoms. The van der Waals surface area contributed by atoms with Crippen LogP contribution in [0.1, 0.15) is 34.1 Å². The van der Waals surface area contributed by atoms with Gasteiger partial charge in [0.1, 0.15) is 0 Å². The zero-order valence-corrected chi connectivity index (χ0v) is 8.80. The summed E-state index contributed by atoms with van der Waals surface area (Å²) in [4.78, 5) is 2.60. The van der Waals surface area contributed by atoms with E-state index in [0.717, 1.165) is 23.3 Å². The van der Waals surface area contributed by atoms with Gasteiger partial charge in [0.05, 0.1) is 0 Å². The molecule has 0 N–H and O–H groups in total. The van der Waals surface area contributed by atoms with E-state index in [4.69, 9.17) is 0 Å². The van der Waals surface area contributed by atoms with Gasteiger partial charge in [-0.2, -0.15) is 0 Å². The third-order valence-electron chi connectivity index (χ3n) is 3.82. The number of hydrogen-bond donors (Lipinski definition) is 0. The van der Waals surface area contributed by atoms with Gasteiger partial charge in [-0.3, -0.25) is 4.90 Å². The zero-order chi connectivity index (χ0) is 8.93. The SMILES string of the molecule is CC(C)C1CC12CN(C(C)C)C2. The number of likely N-dealkylation sites (tertiary alicyclic amines) is 1. The summed E-state index contributed by atoms with van der Waals surface area (Å²) in [5.74, 6) is 1.96. The first-order valence-corrected chi connectivity index (χ1v) is 5.29. The minimum atomic E-state index is 0.768. The van der Waals surface area contributed by atoms with Crippen LogP contribution >= 0.6 is 0 Å². The van der Waals surface area contributed by atoms with Crippen LogP contribution in [0.5, 0.6) is 0 Å². The lowest BCUT2D eigenvalue weighted by molar-refractivity contribution is 0.0346. The highest BCUT2D eigenvalue weighted by Crippen LogP contribution is 2.61. The molecule has 2 aliphatic rings. The molecule has 1 aliphatic carbocycles. The van der Waals surface area contributed by atoms with Crippen LogP contribution in [0.25, 0.3) is 0 Å². The highest BCUT2D eigenvalue weighted by Gasteiger charge is 2.61. The molecule has 1 saturated heterocycles. The monoisotopic (exact) mass is 167 g/mol. The van der Waals surface area contributed by atoms with Gasteiger partial charge >= 0.3 is 0 Å². The van der Waals surface area contributed by atoms with Crippen LogP contribution in [0, 0.1) is 17.3 Å². The highest BCUT2D eigenvalue weighted by molar-refractivity contribution is 5.13. The van der Waals surface area contributed by atoms with Crippen molar-refractivity contribution in [3.05, 3.63) is 0 Å². The second-order valence-corrected chi connectivity index (χ2v) is 5.42. The molecule has 70 valence electrons. The topological polar surface area (TPSA) is 3.24 Å². The summed E-state index contributed by atoms with van der Waals surface area (Å²) in [5.41, 5.74) is 0.790. The van der Waals surface area contributed by atoms with E-state index in [0.29, 0.717) is 0 Å². The molecular weight excluding hydrogens is 146 g/mol. The summed E-state index contributed by atoms with van der Waals surface area (Å²) in [7, 11) is 0. The first kappa shape index (κ1) is 8.55. The smallest absolute Gasteiger partial charge is 0.00561 e. The molecule has 12 heavy (non-hydrogen) atoms. The van der Waals surface area contributed by atoms with Crippen molar-refractivity contribution >= 4 is 0 Å². The quantitative estimate of drug-likeness (QED) is 0.610. The normalized spacial score (nSPS) is 33.0. The first-order chi connectivity index (χ1) is 5.55. The molecule has 2 fully saturated rings. The van der Waals surface area contributed by atoms with E-state index in [1.54, 1.807) is 0 Å². The van der Waals surface area contributed by atoms with Gasteiger partial charge in [-0.05, 0) is 37.5 Å². The predicted octanol–water partition coefficient (Wildman–Crippen LogP) is 2.37. The van der Waals surface area contributed by atoms with E-state index >= 15 is 0 Å². The van der Waals surface area contributed by atoms with Gasteiger partial charge in [0.25, 0.3) is 0 Å². The standard InChI is InChI=1S/C11H21N/c1-8(2)10-5-11(10)6-12(7-11)9(3)4/h8-10H,5-7H2,1-4H3. The van der Waals surface area contributed by atoms with Crippen molar-refractivity contribution in [1.29, 1.82) is 0 Å². The third kappa shape index (κ3) is 1.10. The van der Waals surface area contributed by atoms with Crippen LogP contribution in [-0.4, -0.2) is 24.0 Å². The maximum atomic E-state index is 2.60. The highest BCUT2D eigenvalue weighted by atomic mass is 15.2. The molecule has 1 heterocycles. The van der Waals surface area contributed by atoms with Crippen LogP contribution in [0.15, 0.2) is 0 Å². The Labute approximate surface area is 76.1 Å². The van der Waals surface area contributed by atoms with Crippen LogP contribution in [0.4, 0.5) is 0 Å². The summed E-state index contributed by atoms with van der Waals surface area (Å²) in [6.45, 7) is 12.1. The Morgan fingerprint density at radius 3 is 2.08 bits per heavy atom. The molecule has 1 spiro atoms. The Kier molecular flexibility index (Phi) is 1.76. The van der Waals surface area contributed by atoms with Crippen molar-refractivity contribution < 1.29 is 0 Å². The van der Waals surface area contributed by atoms with Gasteiger partial charge < -0.3 is 0 Å². The van der Waals surface area contributed by atoms with E-state index < -0.39 is 0 Å². The Morgan fingerprint density at radius 1 is 1.17 bits per heavy atom. The Hall–Kier alpha value is -0.0400. The molecule has 1 nitrogen and oxygen atoms in total. The number of hydrogen-bond acceptors (Lipinski definition) is 1. The van der Waals surface area contributed by atoms with Crippen LogP contribution in [-0.2, 0) is 0 Å². The summed E-state index contributed by atoms with van der Waals surface area (Å²) >= 11 is 0. The van der Waals surface area contributed by atoms with Gasteiger partial charge in [-0.1, -0.05) is 13.8 Å². The molecule has 1 aliphatic heterocycles. The largest absolute Gasteiger partial charge is 0.300 e. The molecule has 0 aromatic rings. The van der Waals surface area contributed by atoms with Gasteiger partial charge in [-0.15, -0.1) is 0 Å². The van der Waals surface area contributed by atoms with Crippen molar-refractivity contribution in [3.63, 3.8) is 0 Å². The maximum Gasteiger partial charge on any atom is 0.00561 e. The first-order valence-electron chi connectivity index (χ1n) is 5.29. The molecule has 1 heteroatoms. The maximum absolute atomic E-state index is 2.60.